The molecule has 0 aliphatic heterocycles. The van der Waals surface area contributed by atoms with Crippen molar-refractivity contribution in [2.24, 2.45) is 5.92 Å². The second kappa shape index (κ2) is 23.3. The first-order chi connectivity index (χ1) is 2.27. The summed E-state index contributed by atoms with van der Waals surface area (Å²) in [6.45, 7) is 4.25. The van der Waals surface area contributed by atoms with Crippen LogP contribution in [-0.2, 0) is 26.2 Å². The number of hydrogen-bond acceptors (Lipinski definition) is 1. The second-order valence-electron chi connectivity index (χ2n) is 1.58. The maximum Gasteiger partial charge on any atom is 0.0453 e. The van der Waals surface area contributed by atoms with E-state index in [1.54, 1.807) is 0 Å². The third-order valence-electron chi connectivity index (χ3n) is 0.365. The second-order valence-corrected chi connectivity index (χ2v) is 1.58. The van der Waals surface area contributed by atoms with Gasteiger partial charge in [-0.25, -0.2) is 0 Å². The molecule has 0 aliphatic carbocycles. The zero-order valence-corrected chi connectivity index (χ0v) is 8.19. The molecule has 0 amide bonds. The summed E-state index contributed by atoms with van der Waals surface area (Å²) >= 11 is 0. The van der Waals surface area contributed by atoms with Crippen molar-refractivity contribution in [2.75, 3.05) is 6.61 Å². The first-order valence-electron chi connectivity index (χ1n) is 1.88. The summed E-state index contributed by atoms with van der Waals surface area (Å²) in [6.07, 6.45) is 0. The van der Waals surface area contributed by atoms with E-state index < -0.39 is 0 Å². The van der Waals surface area contributed by atoms with Gasteiger partial charge in [0.1, 0.15) is 0 Å². The van der Waals surface area contributed by atoms with Crippen molar-refractivity contribution in [3.05, 3.63) is 0 Å². The molecule has 0 aromatic heterocycles. The van der Waals surface area contributed by atoms with Crippen LogP contribution in [0.1, 0.15) is 13.8 Å². The smallest absolute Gasteiger partial charge is 0.0453 e. The van der Waals surface area contributed by atoms with Crippen molar-refractivity contribution in [3.63, 3.8) is 0 Å². The Balaban J connectivity index is -0.0000000133. The van der Waals surface area contributed by atoms with Crippen LogP contribution < -0.4 is 0 Å². The Hall–Kier alpha value is 0.723. The molecule has 0 aromatic rings. The number of aliphatic hydroxyl groups is 1. The first kappa shape index (κ1) is 33.2. The van der Waals surface area contributed by atoms with Crippen molar-refractivity contribution in [1.29, 1.82) is 0 Å². The third-order valence-corrected chi connectivity index (χ3v) is 0.365. The van der Waals surface area contributed by atoms with E-state index in [4.69, 9.17) is 5.11 Å². The topological polar surface area (TPSA) is 115 Å². The Morgan fingerprint density at radius 2 is 1.22 bits per heavy atom. The van der Waals surface area contributed by atoms with E-state index in [0.717, 1.165) is 0 Å². The third kappa shape index (κ3) is 53.2. The van der Waals surface area contributed by atoms with Gasteiger partial charge in [0.15, 0.2) is 0 Å². The summed E-state index contributed by atoms with van der Waals surface area (Å²) in [6, 6.07) is 0. The van der Waals surface area contributed by atoms with Crippen LogP contribution in [0.5, 0.6) is 0 Å². The maximum absolute atomic E-state index is 8.14. The monoisotopic (exact) mass is 218 g/mol. The van der Waals surface area contributed by atoms with Crippen LogP contribution in [0.25, 0.3) is 0 Å². The van der Waals surface area contributed by atoms with Gasteiger partial charge in [-0.3, -0.25) is 0 Å². The summed E-state index contributed by atoms with van der Waals surface area (Å²) in [5.41, 5.74) is 0. The van der Waals surface area contributed by atoms with Gasteiger partial charge in [0, 0.05) is 32.8 Å². The van der Waals surface area contributed by atoms with Crippen molar-refractivity contribution >= 4 is 0 Å². The van der Waals surface area contributed by atoms with Gasteiger partial charge < -0.3 is 21.5 Å². The minimum atomic E-state index is 0. The maximum atomic E-state index is 8.14. The van der Waals surface area contributed by atoms with E-state index in [-0.39, 0.29) is 42.6 Å². The van der Waals surface area contributed by atoms with Crippen molar-refractivity contribution in [3.8, 4) is 0 Å². The fraction of sp³-hybridized carbons (Fsp3) is 1.00. The van der Waals surface area contributed by atoms with E-state index in [1.807, 2.05) is 13.8 Å². The molecule has 0 bridgehead atoms. The quantitative estimate of drug-likeness (QED) is 0.548. The Morgan fingerprint density at radius 1 is 1.11 bits per heavy atom. The molecule has 0 radical (unpaired) electrons. The Morgan fingerprint density at radius 3 is 1.22 bits per heavy atom. The first-order valence-corrected chi connectivity index (χ1v) is 1.88. The summed E-state index contributed by atoms with van der Waals surface area (Å²) in [5.74, 6) is 0.440. The summed E-state index contributed by atoms with van der Waals surface area (Å²) in [7, 11) is 0. The molecule has 5 heteroatoms. The molecular formula is C4H16O4Zr. The normalized spacial score (nSPS) is 5.33. The van der Waals surface area contributed by atoms with E-state index in [9.17, 15) is 0 Å². The molecule has 9 heavy (non-hydrogen) atoms. The standard InChI is InChI=1S/C4H10O.3H2O.Zr/c1-4(2)3-5;;;;/h4-5H,3H2,1-2H3;3*1H2;. The molecule has 4 nitrogen and oxygen atoms in total. The molecule has 0 fully saturated rings. The van der Waals surface area contributed by atoms with Crippen LogP contribution in [0.3, 0.4) is 0 Å². The summed E-state index contributed by atoms with van der Waals surface area (Å²) in [4.78, 5) is 0. The molecular weight excluding hydrogens is 203 g/mol. The fourth-order valence-electron chi connectivity index (χ4n) is 0. The Kier molecular flexibility index (Phi) is 86.0. The predicted molar refractivity (Wildman–Crippen MR) is 32.8 cm³/mol. The average molecular weight is 219 g/mol. The van der Waals surface area contributed by atoms with Crippen molar-refractivity contribution in [1.82, 2.24) is 0 Å². The molecule has 0 saturated heterocycles. The van der Waals surface area contributed by atoms with Gasteiger partial charge >= 0.3 is 0 Å². The largest absolute Gasteiger partial charge is 0.412 e. The van der Waals surface area contributed by atoms with Gasteiger partial charge in [0.05, 0.1) is 0 Å². The molecule has 0 rings (SSSR count). The molecule has 7 N–H and O–H groups in total. The number of aliphatic hydroxyl groups excluding tert-OH is 1. The molecule has 0 aromatic carbocycles. The molecule has 0 atom stereocenters. The van der Waals surface area contributed by atoms with E-state index in [1.165, 1.54) is 0 Å². The minimum Gasteiger partial charge on any atom is -0.412 e. The molecule has 0 unspecified atom stereocenters. The molecule has 0 aliphatic rings. The summed E-state index contributed by atoms with van der Waals surface area (Å²) in [5, 5.41) is 8.14. The van der Waals surface area contributed by atoms with E-state index in [2.05, 4.69) is 0 Å². The van der Waals surface area contributed by atoms with E-state index >= 15 is 0 Å². The van der Waals surface area contributed by atoms with Crippen molar-refractivity contribution in [2.45, 2.75) is 13.8 Å². The zero-order chi connectivity index (χ0) is 4.28. The number of rotatable bonds is 1. The van der Waals surface area contributed by atoms with Crippen molar-refractivity contribution < 1.29 is 47.7 Å². The minimum absolute atomic E-state index is 0. The van der Waals surface area contributed by atoms with Crippen LogP contribution in [0.4, 0.5) is 0 Å². The van der Waals surface area contributed by atoms with Crippen LogP contribution in [-0.4, -0.2) is 28.1 Å². The van der Waals surface area contributed by atoms with Crippen LogP contribution >= 0.6 is 0 Å². The molecule has 0 saturated carbocycles. The van der Waals surface area contributed by atoms with Gasteiger partial charge in [-0.1, -0.05) is 13.8 Å². The molecule has 0 heterocycles. The van der Waals surface area contributed by atoms with Crippen LogP contribution in [0.2, 0.25) is 0 Å². The predicted octanol–water partition coefficient (Wildman–Crippen LogP) is -1.84. The average Bonchev–Trinajstić information content (AvgIpc) is 1.38. The van der Waals surface area contributed by atoms with Gasteiger partial charge in [-0.05, 0) is 5.92 Å². The van der Waals surface area contributed by atoms with Gasteiger partial charge in [-0.15, -0.1) is 0 Å². The zero-order valence-electron chi connectivity index (χ0n) is 5.73. The van der Waals surface area contributed by atoms with Crippen LogP contribution in [0, 0.1) is 5.92 Å². The number of hydrogen-bond donors (Lipinski definition) is 1. The van der Waals surface area contributed by atoms with Crippen LogP contribution in [0.15, 0.2) is 0 Å². The van der Waals surface area contributed by atoms with E-state index in [0.29, 0.717) is 12.5 Å². The summed E-state index contributed by atoms with van der Waals surface area (Å²) < 4.78 is 0. The Bertz CT molecular complexity index is 26.5. The fourth-order valence-corrected chi connectivity index (χ4v) is 0. The SMILES string of the molecule is CC(C)CO.O.O.O.[Zr]. The van der Waals surface area contributed by atoms with Gasteiger partial charge in [0.25, 0.3) is 0 Å². The van der Waals surface area contributed by atoms with Gasteiger partial charge in [-0.2, -0.15) is 0 Å². The molecule has 0 spiro atoms. The molecule has 60 valence electrons. The van der Waals surface area contributed by atoms with Gasteiger partial charge in [0.2, 0.25) is 0 Å². The Labute approximate surface area is 74.3 Å².